The monoisotopic (exact) mass is 289 g/mol. The van der Waals surface area contributed by atoms with E-state index in [0.29, 0.717) is 6.54 Å². The molecule has 0 spiro atoms. The molecule has 0 radical (unpaired) electrons. The Labute approximate surface area is 122 Å². The van der Waals surface area contributed by atoms with Crippen molar-refractivity contribution in [2.45, 2.75) is 31.9 Å². The fourth-order valence-corrected chi connectivity index (χ4v) is 2.36. The van der Waals surface area contributed by atoms with Crippen molar-refractivity contribution in [2.24, 2.45) is 0 Å². The van der Waals surface area contributed by atoms with E-state index in [-0.39, 0.29) is 5.75 Å². The van der Waals surface area contributed by atoms with E-state index >= 15 is 0 Å². The topological polar surface area (TPSA) is 21.3 Å². The molecule has 1 saturated carbocycles. The first-order valence-electron chi connectivity index (χ1n) is 7.08. The van der Waals surface area contributed by atoms with Crippen LogP contribution in [-0.2, 0) is 6.54 Å². The Morgan fingerprint density at radius 1 is 1.10 bits per heavy atom. The summed E-state index contributed by atoms with van der Waals surface area (Å²) >= 11 is 0. The molecule has 3 rings (SSSR count). The van der Waals surface area contributed by atoms with Crippen LogP contribution in [0.3, 0.4) is 0 Å². The van der Waals surface area contributed by atoms with Crippen LogP contribution in [0.1, 0.15) is 29.9 Å². The molecule has 1 fully saturated rings. The lowest BCUT2D eigenvalue weighted by molar-refractivity contribution is -0.0498. The number of halogens is 2. The lowest BCUT2D eigenvalue weighted by atomic mass is 10.1. The molecular formula is C17H17F2NO. The van der Waals surface area contributed by atoms with Gasteiger partial charge >= 0.3 is 6.61 Å². The molecule has 0 saturated heterocycles. The van der Waals surface area contributed by atoms with Gasteiger partial charge < -0.3 is 10.1 Å². The van der Waals surface area contributed by atoms with Gasteiger partial charge in [-0.1, -0.05) is 30.3 Å². The number of hydrogen-bond donors (Lipinski definition) is 1. The first kappa shape index (κ1) is 13.9. The van der Waals surface area contributed by atoms with Gasteiger partial charge in [-0.2, -0.15) is 8.78 Å². The molecule has 0 bridgehead atoms. The van der Waals surface area contributed by atoms with Gasteiger partial charge in [0.25, 0.3) is 0 Å². The summed E-state index contributed by atoms with van der Waals surface area (Å²) in [6, 6.07) is 15.1. The van der Waals surface area contributed by atoms with E-state index in [1.165, 1.54) is 30.0 Å². The van der Waals surface area contributed by atoms with Crippen LogP contribution in [0.2, 0.25) is 0 Å². The summed E-state index contributed by atoms with van der Waals surface area (Å²) in [5.74, 6) is 0.898. The third-order valence-electron chi connectivity index (χ3n) is 3.56. The molecule has 0 heterocycles. The molecule has 4 heteroatoms. The normalized spacial score (nSPS) is 14.2. The number of anilines is 1. The molecule has 0 unspecified atom stereocenters. The summed E-state index contributed by atoms with van der Waals surface area (Å²) in [5.41, 5.74) is 3.36. The lowest BCUT2D eigenvalue weighted by Gasteiger charge is -2.10. The highest BCUT2D eigenvalue weighted by atomic mass is 19.3. The smallest absolute Gasteiger partial charge is 0.387 e. The predicted octanol–water partition coefficient (Wildman–Crippen LogP) is 4.78. The maximum atomic E-state index is 12.2. The van der Waals surface area contributed by atoms with Crippen LogP contribution < -0.4 is 10.1 Å². The molecular weight excluding hydrogens is 272 g/mol. The minimum Gasteiger partial charge on any atom is -0.435 e. The van der Waals surface area contributed by atoms with E-state index in [2.05, 4.69) is 34.3 Å². The van der Waals surface area contributed by atoms with Crippen molar-refractivity contribution in [3.8, 4) is 5.75 Å². The highest BCUT2D eigenvalue weighted by Crippen LogP contribution is 2.40. The van der Waals surface area contributed by atoms with Gasteiger partial charge in [-0.15, -0.1) is 0 Å². The third kappa shape index (κ3) is 3.94. The second-order valence-electron chi connectivity index (χ2n) is 5.28. The van der Waals surface area contributed by atoms with Gasteiger partial charge in [-0.25, -0.2) is 0 Å². The molecule has 21 heavy (non-hydrogen) atoms. The van der Waals surface area contributed by atoms with Crippen molar-refractivity contribution in [3.05, 3.63) is 59.7 Å². The average Bonchev–Trinajstić information content (AvgIpc) is 3.30. The zero-order valence-electron chi connectivity index (χ0n) is 11.6. The summed E-state index contributed by atoms with van der Waals surface area (Å²) in [4.78, 5) is 0. The molecule has 1 N–H and O–H groups in total. The van der Waals surface area contributed by atoms with E-state index in [9.17, 15) is 8.78 Å². The van der Waals surface area contributed by atoms with Crippen LogP contribution >= 0.6 is 0 Å². The molecule has 110 valence electrons. The molecule has 1 aliphatic carbocycles. The van der Waals surface area contributed by atoms with Gasteiger partial charge in [0.15, 0.2) is 0 Å². The second kappa shape index (κ2) is 6.12. The standard InChI is InChI=1S/C17H17F2NO/c18-17(19)21-16-6-2-5-15(10-16)20-11-12-3-1-4-14(9-12)13-7-8-13/h1-6,9-10,13,17,20H,7-8,11H2. The third-order valence-corrected chi connectivity index (χ3v) is 3.56. The Morgan fingerprint density at radius 2 is 1.90 bits per heavy atom. The van der Waals surface area contributed by atoms with Gasteiger partial charge in [0.05, 0.1) is 0 Å². The van der Waals surface area contributed by atoms with Gasteiger partial charge in [0.1, 0.15) is 5.75 Å². The minimum absolute atomic E-state index is 0.168. The number of nitrogens with one attached hydrogen (secondary N) is 1. The molecule has 2 aromatic rings. The summed E-state index contributed by atoms with van der Waals surface area (Å²) in [6.45, 7) is -2.13. The van der Waals surface area contributed by atoms with E-state index in [4.69, 9.17) is 0 Å². The summed E-state index contributed by atoms with van der Waals surface area (Å²) in [7, 11) is 0. The molecule has 0 aromatic heterocycles. The zero-order chi connectivity index (χ0) is 14.7. The van der Waals surface area contributed by atoms with Crippen LogP contribution in [-0.4, -0.2) is 6.61 Å². The van der Waals surface area contributed by atoms with Gasteiger partial charge in [-0.05, 0) is 42.0 Å². The van der Waals surface area contributed by atoms with Crippen molar-refractivity contribution in [2.75, 3.05) is 5.32 Å². The molecule has 0 aliphatic heterocycles. The van der Waals surface area contributed by atoms with Crippen LogP contribution in [0.15, 0.2) is 48.5 Å². The van der Waals surface area contributed by atoms with Crippen LogP contribution in [0.4, 0.5) is 14.5 Å². The van der Waals surface area contributed by atoms with Gasteiger partial charge in [0.2, 0.25) is 0 Å². The molecule has 2 nitrogen and oxygen atoms in total. The van der Waals surface area contributed by atoms with Crippen molar-refractivity contribution in [3.63, 3.8) is 0 Å². The second-order valence-corrected chi connectivity index (χ2v) is 5.28. The highest BCUT2D eigenvalue weighted by Gasteiger charge is 2.23. The average molecular weight is 289 g/mol. The number of ether oxygens (including phenoxy) is 1. The lowest BCUT2D eigenvalue weighted by Crippen LogP contribution is -2.03. The molecule has 1 aliphatic rings. The number of alkyl halides is 2. The molecule has 0 amide bonds. The first-order valence-corrected chi connectivity index (χ1v) is 7.08. The Balaban J connectivity index is 1.63. The zero-order valence-corrected chi connectivity index (χ0v) is 11.6. The quantitative estimate of drug-likeness (QED) is 0.826. The Hall–Kier alpha value is -2.10. The van der Waals surface area contributed by atoms with Crippen LogP contribution in [0.5, 0.6) is 5.75 Å². The number of benzene rings is 2. The molecule has 0 atom stereocenters. The Bertz CT molecular complexity index is 611. The van der Waals surface area contributed by atoms with Crippen molar-refractivity contribution in [1.82, 2.24) is 0 Å². The Kier molecular flexibility index (Phi) is 4.04. The van der Waals surface area contributed by atoms with Gasteiger partial charge in [-0.3, -0.25) is 0 Å². The van der Waals surface area contributed by atoms with E-state index < -0.39 is 6.61 Å². The fraction of sp³-hybridized carbons (Fsp3) is 0.294. The predicted molar refractivity (Wildman–Crippen MR) is 78.8 cm³/mol. The van der Waals surface area contributed by atoms with Crippen molar-refractivity contribution >= 4 is 5.69 Å². The summed E-state index contributed by atoms with van der Waals surface area (Å²) < 4.78 is 28.8. The summed E-state index contributed by atoms with van der Waals surface area (Å²) in [5, 5.41) is 3.24. The van der Waals surface area contributed by atoms with Gasteiger partial charge in [0, 0.05) is 18.3 Å². The number of hydrogen-bond acceptors (Lipinski definition) is 2. The SMILES string of the molecule is FC(F)Oc1cccc(NCc2cccc(C3CC3)c2)c1. The largest absolute Gasteiger partial charge is 0.435 e. The summed E-state index contributed by atoms with van der Waals surface area (Å²) in [6.07, 6.45) is 2.56. The maximum Gasteiger partial charge on any atom is 0.387 e. The Morgan fingerprint density at radius 3 is 2.67 bits per heavy atom. The van der Waals surface area contributed by atoms with Crippen molar-refractivity contribution < 1.29 is 13.5 Å². The first-order chi connectivity index (χ1) is 10.2. The minimum atomic E-state index is -2.80. The van der Waals surface area contributed by atoms with Crippen LogP contribution in [0, 0.1) is 0 Å². The van der Waals surface area contributed by atoms with Crippen molar-refractivity contribution in [1.29, 1.82) is 0 Å². The number of rotatable bonds is 6. The molecule has 2 aromatic carbocycles. The van der Waals surface area contributed by atoms with E-state index in [0.717, 1.165) is 11.6 Å². The van der Waals surface area contributed by atoms with Crippen LogP contribution in [0.25, 0.3) is 0 Å². The van der Waals surface area contributed by atoms with E-state index in [1.54, 1.807) is 12.1 Å². The maximum absolute atomic E-state index is 12.2. The van der Waals surface area contributed by atoms with E-state index in [1.807, 2.05) is 6.07 Å². The fourth-order valence-electron chi connectivity index (χ4n) is 2.36. The highest BCUT2D eigenvalue weighted by molar-refractivity contribution is 5.48.